The van der Waals surface area contributed by atoms with Gasteiger partial charge in [-0.1, -0.05) is 42.9 Å². The van der Waals surface area contributed by atoms with E-state index in [4.69, 9.17) is 17.2 Å². The number of aliphatic imine (C=N–C) groups is 1. The summed E-state index contributed by atoms with van der Waals surface area (Å²) in [6.07, 6.45) is 3.20. The lowest BCUT2D eigenvalue weighted by atomic mass is 9.90. The van der Waals surface area contributed by atoms with Gasteiger partial charge in [0.15, 0.2) is 5.96 Å². The van der Waals surface area contributed by atoms with Crippen LogP contribution in [0.15, 0.2) is 28.0 Å². The zero-order valence-corrected chi connectivity index (χ0v) is 24.7. The Morgan fingerprint density at radius 2 is 1.97 bits per heavy atom. The number of carbonyl (C=O) groups excluding carboxylic acids is 3. The molecule has 2 aliphatic rings. The minimum atomic E-state index is -0.994. The lowest BCUT2D eigenvalue weighted by Crippen LogP contribution is -2.57. The van der Waals surface area contributed by atoms with Crippen LogP contribution in [0.25, 0.3) is 0 Å². The van der Waals surface area contributed by atoms with E-state index >= 15 is 0 Å². The Bertz CT molecular complexity index is 1040. The van der Waals surface area contributed by atoms with Crippen LogP contribution in [-0.4, -0.2) is 69.8 Å². The second-order valence-electron chi connectivity index (χ2n) is 10.1. The van der Waals surface area contributed by atoms with Crippen molar-refractivity contribution in [1.82, 2.24) is 21.3 Å². The Hall–Kier alpha value is -2.95. The highest BCUT2D eigenvalue weighted by atomic mass is 127. The molecule has 1 aliphatic carbocycles. The van der Waals surface area contributed by atoms with Crippen molar-refractivity contribution in [2.75, 3.05) is 19.6 Å². The summed E-state index contributed by atoms with van der Waals surface area (Å²) in [5.41, 5.74) is 17.8. The topological polar surface area (TPSA) is 233 Å². The van der Waals surface area contributed by atoms with E-state index in [1.54, 1.807) is 0 Å². The van der Waals surface area contributed by atoms with Crippen LogP contribution in [0.4, 0.5) is 0 Å². The molecule has 3 amide bonds. The maximum Gasteiger partial charge on any atom is 0.248 e. The third-order valence-electron chi connectivity index (χ3n) is 6.91. The largest absolute Gasteiger partial charge is 0.387 e. The molecule has 1 heterocycles. The van der Waals surface area contributed by atoms with Crippen molar-refractivity contribution in [3.8, 4) is 0 Å². The molecule has 0 spiro atoms. The molecule has 0 saturated heterocycles. The zero-order valence-electron chi connectivity index (χ0n) is 22.6. The Balaban J connectivity index is 2.47. The van der Waals surface area contributed by atoms with Crippen molar-refractivity contribution in [3.63, 3.8) is 0 Å². The number of halogens is 1. The number of hydrogen-bond donors (Lipinski definition) is 7. The lowest BCUT2D eigenvalue weighted by molar-refractivity contribution is -0.428. The molecule has 0 fully saturated rings. The summed E-state index contributed by atoms with van der Waals surface area (Å²) < 4.78 is -0.636. The Labute approximate surface area is 241 Å². The number of amides is 3. The summed E-state index contributed by atoms with van der Waals surface area (Å²) in [5.74, 6) is -1.85. The number of rotatable bonds is 8. The van der Waals surface area contributed by atoms with Crippen LogP contribution in [0.5, 0.6) is 0 Å². The first-order chi connectivity index (χ1) is 18.3. The predicted octanol–water partition coefficient (Wildman–Crippen LogP) is -0.495. The molecule has 15 heteroatoms. The van der Waals surface area contributed by atoms with Crippen LogP contribution in [0.2, 0.25) is 0 Å². The first kappa shape index (κ1) is 32.3. The highest BCUT2D eigenvalue weighted by Crippen LogP contribution is 2.39. The minimum absolute atomic E-state index is 0.0722. The normalized spacial score (nSPS) is 27.5. The van der Waals surface area contributed by atoms with Crippen molar-refractivity contribution in [1.29, 1.82) is 0 Å². The van der Waals surface area contributed by atoms with E-state index in [0.29, 0.717) is 18.4 Å². The van der Waals surface area contributed by atoms with Crippen molar-refractivity contribution >= 4 is 46.3 Å². The van der Waals surface area contributed by atoms with Gasteiger partial charge in [0.05, 0.1) is 20.8 Å². The van der Waals surface area contributed by atoms with E-state index in [9.17, 15) is 24.5 Å². The fraction of sp³-hybridized carbons (Fsp3) is 0.667. The van der Waals surface area contributed by atoms with Gasteiger partial charge in [-0.2, -0.15) is 0 Å². The van der Waals surface area contributed by atoms with E-state index in [2.05, 4.69) is 48.9 Å². The average molecular weight is 662 g/mol. The maximum atomic E-state index is 13.5. The van der Waals surface area contributed by atoms with Gasteiger partial charge < -0.3 is 38.5 Å². The monoisotopic (exact) mass is 661 g/mol. The van der Waals surface area contributed by atoms with Gasteiger partial charge in [-0.25, -0.2) is 0 Å². The van der Waals surface area contributed by atoms with Gasteiger partial charge in [0.1, 0.15) is 12.1 Å². The average Bonchev–Trinajstić information content (AvgIpc) is 2.84. The molecule has 14 nitrogen and oxygen atoms in total. The Kier molecular flexibility index (Phi) is 11.9. The molecule has 0 aromatic rings. The van der Waals surface area contributed by atoms with Crippen molar-refractivity contribution in [3.05, 3.63) is 33.2 Å². The minimum Gasteiger partial charge on any atom is -0.387 e. The number of allylic oxidation sites excluding steroid dienone is 2. The number of nitrogens with zero attached hydrogens (tertiary/aromatic N) is 2. The number of nitro groups is 1. The molecule has 2 rings (SSSR count). The Morgan fingerprint density at radius 1 is 1.28 bits per heavy atom. The SMILES string of the molecule is CCC(C)C1NCC2=C(NCCC(C(N)=O)NC(=O)C(CCCN=C(N)N)NC1=O)C(C)(I)CC([N+](=O)[O-])=C2. The van der Waals surface area contributed by atoms with Crippen LogP contribution in [0.1, 0.15) is 52.9 Å². The van der Waals surface area contributed by atoms with Gasteiger partial charge >= 0.3 is 0 Å². The molecular formula is C24H40IN9O5. The van der Waals surface area contributed by atoms with Gasteiger partial charge in [-0.05, 0) is 37.7 Å². The second kappa shape index (κ2) is 14.4. The summed E-state index contributed by atoms with van der Waals surface area (Å²) in [6, 6.07) is -2.64. The third-order valence-corrected chi connectivity index (χ3v) is 7.83. The molecule has 0 bridgehead atoms. The number of hydrogen-bond acceptors (Lipinski definition) is 8. The summed E-state index contributed by atoms with van der Waals surface area (Å²) in [7, 11) is 0. The molecule has 5 unspecified atom stereocenters. The summed E-state index contributed by atoms with van der Waals surface area (Å²) in [6.45, 7) is 6.46. The molecule has 10 N–H and O–H groups in total. The summed E-state index contributed by atoms with van der Waals surface area (Å²) >= 11 is 2.17. The lowest BCUT2D eigenvalue weighted by Gasteiger charge is -2.33. The van der Waals surface area contributed by atoms with E-state index in [1.807, 2.05) is 20.8 Å². The van der Waals surface area contributed by atoms with Gasteiger partial charge in [0.25, 0.3) is 0 Å². The number of primary amides is 1. The van der Waals surface area contributed by atoms with Crippen molar-refractivity contribution < 1.29 is 19.3 Å². The standard InChI is InChI=1S/C24H40IN9O5/c1-4-13(2)18-22(37)33-17(6-5-8-30-23(27)28)21(36)32-16(20(26)35)7-9-29-19-14(12-31-18)10-15(34(38)39)11-24(19,3)25/h10,13,16-18,29,31H,4-9,11-12H2,1-3H3,(H2,26,35)(H,32,36)(H,33,37)(H4,27,28,30). The first-order valence-electron chi connectivity index (χ1n) is 13.0. The van der Waals surface area contributed by atoms with Gasteiger partial charge in [-0.15, -0.1) is 0 Å². The number of nitrogens with two attached hydrogens (primary N) is 3. The van der Waals surface area contributed by atoms with E-state index in [1.165, 1.54) is 6.08 Å². The van der Waals surface area contributed by atoms with Crippen LogP contribution >= 0.6 is 22.6 Å². The van der Waals surface area contributed by atoms with Crippen molar-refractivity contribution in [2.45, 2.75) is 74.4 Å². The molecule has 0 aromatic carbocycles. The van der Waals surface area contributed by atoms with Crippen LogP contribution in [0, 0.1) is 16.0 Å². The Morgan fingerprint density at radius 3 is 2.56 bits per heavy atom. The summed E-state index contributed by atoms with van der Waals surface area (Å²) in [5, 5.41) is 23.8. The number of carbonyl (C=O) groups is 3. The summed E-state index contributed by atoms with van der Waals surface area (Å²) in [4.78, 5) is 54.1. The van der Waals surface area contributed by atoms with Gasteiger partial charge in [0.2, 0.25) is 23.4 Å². The zero-order chi connectivity index (χ0) is 29.3. The molecule has 0 aromatic heterocycles. The van der Waals surface area contributed by atoms with E-state index in [0.717, 1.165) is 5.70 Å². The van der Waals surface area contributed by atoms with Gasteiger partial charge in [0, 0.05) is 31.4 Å². The molecule has 5 atom stereocenters. The molecule has 0 saturated carbocycles. The predicted molar refractivity (Wildman–Crippen MR) is 156 cm³/mol. The first-order valence-corrected chi connectivity index (χ1v) is 14.0. The van der Waals surface area contributed by atoms with E-state index < -0.39 is 44.2 Å². The quantitative estimate of drug-likeness (QED) is 0.0338. The second-order valence-corrected chi connectivity index (χ2v) is 12.5. The van der Waals surface area contributed by atoms with E-state index in [-0.39, 0.29) is 56.5 Å². The number of nitrogens with one attached hydrogen (secondary N) is 4. The molecule has 39 heavy (non-hydrogen) atoms. The molecular weight excluding hydrogens is 621 g/mol. The number of guanidine groups is 1. The van der Waals surface area contributed by atoms with Gasteiger partial charge in [-0.3, -0.25) is 29.5 Å². The molecule has 0 radical (unpaired) electrons. The highest BCUT2D eigenvalue weighted by molar-refractivity contribution is 14.1. The smallest absolute Gasteiger partial charge is 0.248 e. The van der Waals surface area contributed by atoms with Crippen molar-refractivity contribution in [2.24, 2.45) is 28.1 Å². The fourth-order valence-corrected chi connectivity index (χ4v) is 5.51. The molecule has 1 aliphatic heterocycles. The third kappa shape index (κ3) is 9.33. The van der Waals surface area contributed by atoms with Crippen LogP contribution in [0.3, 0.4) is 0 Å². The highest BCUT2D eigenvalue weighted by Gasteiger charge is 2.38. The van der Waals surface area contributed by atoms with Crippen LogP contribution < -0.4 is 38.5 Å². The fourth-order valence-electron chi connectivity index (χ4n) is 4.58. The maximum absolute atomic E-state index is 13.5. The number of alkyl halides is 1. The molecule has 218 valence electrons. The van der Waals surface area contributed by atoms with Crippen LogP contribution in [-0.2, 0) is 14.4 Å².